The Morgan fingerprint density at radius 2 is 2.00 bits per heavy atom. The second-order valence-corrected chi connectivity index (χ2v) is 8.66. The number of nitrogens with zero attached hydrogens (tertiary/aromatic N) is 6. The number of benzene rings is 1. The summed E-state index contributed by atoms with van der Waals surface area (Å²) in [5.41, 5.74) is 2.86. The fourth-order valence-electron chi connectivity index (χ4n) is 4.32. The van der Waals surface area contributed by atoms with Gasteiger partial charge in [0.25, 0.3) is 0 Å². The normalized spacial score (nSPS) is 20.0. The number of rotatable bonds is 6. The molecule has 1 aromatic heterocycles. The highest BCUT2D eigenvalue weighted by atomic mass is 19.1. The minimum atomic E-state index is -0.402. The molecule has 0 saturated carbocycles. The molecule has 2 aromatic rings. The summed E-state index contributed by atoms with van der Waals surface area (Å²) in [6, 6.07) is 7.87. The van der Waals surface area contributed by atoms with Gasteiger partial charge in [-0.3, -0.25) is 16.2 Å². The summed E-state index contributed by atoms with van der Waals surface area (Å²) in [4.78, 5) is 4.57. The molecular formula is C22H32FN8+. The minimum Gasteiger partial charge on any atom is -0.368 e. The smallest absolute Gasteiger partial charge is 0.356 e. The fourth-order valence-corrected chi connectivity index (χ4v) is 4.32. The zero-order valence-electron chi connectivity index (χ0n) is 18.7. The van der Waals surface area contributed by atoms with Crippen molar-refractivity contribution in [2.75, 3.05) is 18.0 Å². The standard InChI is InChI=1S/C22H31FN8/c1-14(2)8-17-9-19(23)21(22(24)28-29-25)20(10-17)30-11-15(3)31(16(4)12-30)13-18-6-5-7-26-27-18/h5-7,9-10,14-16H,8,11-13H2,1-4H3,(H3,24,25,28)/p+1/t15-,16?/m1/s1. The van der Waals surface area contributed by atoms with Crippen molar-refractivity contribution in [2.24, 2.45) is 22.1 Å². The third kappa shape index (κ3) is 5.41. The molecule has 8 nitrogen and oxygen atoms in total. The molecule has 166 valence electrons. The molecule has 1 fully saturated rings. The van der Waals surface area contributed by atoms with Gasteiger partial charge in [0.2, 0.25) is 0 Å². The minimum absolute atomic E-state index is 0.0200. The second kappa shape index (κ2) is 9.91. The van der Waals surface area contributed by atoms with E-state index in [-0.39, 0.29) is 23.5 Å². The molecule has 2 heterocycles. The van der Waals surface area contributed by atoms with Crippen LogP contribution in [0.1, 0.15) is 44.5 Å². The van der Waals surface area contributed by atoms with E-state index in [2.05, 4.69) is 58.0 Å². The predicted molar refractivity (Wildman–Crippen MR) is 119 cm³/mol. The maximum atomic E-state index is 15.2. The lowest BCUT2D eigenvalue weighted by Gasteiger charge is -2.45. The number of anilines is 1. The number of amidine groups is 1. The Hall–Kier alpha value is -2.94. The van der Waals surface area contributed by atoms with Crippen LogP contribution in [0.2, 0.25) is 0 Å². The van der Waals surface area contributed by atoms with Gasteiger partial charge >= 0.3 is 5.84 Å². The van der Waals surface area contributed by atoms with E-state index in [0.717, 1.165) is 36.5 Å². The quantitative estimate of drug-likeness (QED) is 0.240. The van der Waals surface area contributed by atoms with Crippen LogP contribution in [0.25, 0.3) is 0 Å². The summed E-state index contributed by atoms with van der Waals surface area (Å²) >= 11 is 0. The van der Waals surface area contributed by atoms with Gasteiger partial charge in [-0.25, -0.2) is 4.39 Å². The van der Waals surface area contributed by atoms with Crippen molar-refractivity contribution >= 4 is 11.5 Å². The molecule has 9 heteroatoms. The molecule has 0 amide bonds. The first-order valence-electron chi connectivity index (χ1n) is 10.6. The molecule has 0 bridgehead atoms. The molecule has 3 rings (SSSR count). The molecule has 4 N–H and O–H groups in total. The highest BCUT2D eigenvalue weighted by Gasteiger charge is 2.33. The highest BCUT2D eigenvalue weighted by Crippen LogP contribution is 2.31. The first-order chi connectivity index (χ1) is 14.8. The van der Waals surface area contributed by atoms with Crippen molar-refractivity contribution in [1.82, 2.24) is 15.1 Å². The Balaban J connectivity index is 1.92. The van der Waals surface area contributed by atoms with Crippen molar-refractivity contribution in [2.45, 2.75) is 52.7 Å². The van der Waals surface area contributed by atoms with E-state index in [1.807, 2.05) is 18.2 Å². The lowest BCUT2D eigenvalue weighted by Crippen LogP contribution is -2.57. The van der Waals surface area contributed by atoms with E-state index in [1.54, 1.807) is 6.20 Å². The van der Waals surface area contributed by atoms with Crippen LogP contribution in [0, 0.1) is 11.7 Å². The van der Waals surface area contributed by atoms with Crippen molar-refractivity contribution in [1.29, 1.82) is 0 Å². The van der Waals surface area contributed by atoms with E-state index in [4.69, 9.17) is 11.3 Å². The topological polar surface area (TPSA) is 109 Å². The summed E-state index contributed by atoms with van der Waals surface area (Å²) in [6.45, 7) is 10.7. The van der Waals surface area contributed by atoms with Crippen LogP contribution in [0.5, 0.6) is 0 Å². The largest absolute Gasteiger partial charge is 0.368 e. The Bertz CT molecular complexity index is 919. The van der Waals surface area contributed by atoms with Gasteiger partial charge in [0.05, 0.1) is 16.5 Å². The molecule has 2 atom stereocenters. The van der Waals surface area contributed by atoms with E-state index in [0.29, 0.717) is 12.5 Å². The lowest BCUT2D eigenvalue weighted by molar-refractivity contribution is -0.114. The molecule has 1 aromatic carbocycles. The van der Waals surface area contributed by atoms with Gasteiger partial charge in [0.15, 0.2) is 0 Å². The van der Waals surface area contributed by atoms with E-state index >= 15 is 4.39 Å². The van der Waals surface area contributed by atoms with E-state index in [9.17, 15) is 0 Å². The summed E-state index contributed by atoms with van der Waals surface area (Å²) in [5.74, 6) is 5.17. The first kappa shape index (κ1) is 22.7. The molecular weight excluding hydrogens is 395 g/mol. The monoisotopic (exact) mass is 427 g/mol. The zero-order valence-corrected chi connectivity index (χ0v) is 18.7. The fraction of sp³-hybridized carbons (Fsp3) is 0.500. The number of halogens is 1. The van der Waals surface area contributed by atoms with Crippen LogP contribution >= 0.6 is 0 Å². The maximum absolute atomic E-state index is 15.2. The molecule has 1 unspecified atom stereocenters. The Morgan fingerprint density at radius 1 is 1.29 bits per heavy atom. The van der Waals surface area contributed by atoms with Gasteiger partial charge in [-0.15, -0.1) is 0 Å². The number of nitrogens with two attached hydrogens (primary N) is 2. The van der Waals surface area contributed by atoms with Crippen LogP contribution in [0.15, 0.2) is 40.8 Å². The SMILES string of the molecule is CC(C)Cc1cc(F)c(C(=[NH2+])N=NN)c(N2CC(C)N(Cc3cccnn3)[C@H](C)C2)c1. The maximum Gasteiger partial charge on any atom is 0.356 e. The summed E-state index contributed by atoms with van der Waals surface area (Å²) in [7, 11) is 0. The number of hydrogen-bond donors (Lipinski definition) is 2. The van der Waals surface area contributed by atoms with Crippen LogP contribution in [0.4, 0.5) is 10.1 Å². The van der Waals surface area contributed by atoms with Gasteiger partial charge in [-0.2, -0.15) is 10.2 Å². The Kier molecular flexibility index (Phi) is 7.27. The summed E-state index contributed by atoms with van der Waals surface area (Å²) in [6.07, 6.45) is 2.45. The van der Waals surface area contributed by atoms with E-state index in [1.165, 1.54) is 6.07 Å². The third-order valence-electron chi connectivity index (χ3n) is 5.61. The van der Waals surface area contributed by atoms with Crippen LogP contribution < -0.4 is 16.2 Å². The molecule has 1 aliphatic heterocycles. The van der Waals surface area contributed by atoms with Crippen molar-refractivity contribution in [3.05, 3.63) is 53.1 Å². The average molecular weight is 428 g/mol. The zero-order chi connectivity index (χ0) is 22.5. The summed E-state index contributed by atoms with van der Waals surface area (Å²) in [5, 5.41) is 21.2. The molecule has 0 aliphatic carbocycles. The van der Waals surface area contributed by atoms with Gasteiger partial charge in [-0.05, 0) is 56.0 Å². The van der Waals surface area contributed by atoms with Gasteiger partial charge in [0, 0.05) is 43.1 Å². The molecule has 0 radical (unpaired) electrons. The first-order valence-corrected chi connectivity index (χ1v) is 10.6. The van der Waals surface area contributed by atoms with Crippen LogP contribution in [0.3, 0.4) is 0 Å². The Morgan fingerprint density at radius 3 is 2.58 bits per heavy atom. The van der Waals surface area contributed by atoms with Gasteiger partial charge < -0.3 is 4.90 Å². The molecule has 1 saturated heterocycles. The van der Waals surface area contributed by atoms with Crippen molar-refractivity contribution < 1.29 is 9.80 Å². The van der Waals surface area contributed by atoms with Gasteiger partial charge in [0.1, 0.15) is 11.4 Å². The summed E-state index contributed by atoms with van der Waals surface area (Å²) < 4.78 is 15.2. The van der Waals surface area contributed by atoms with E-state index < -0.39 is 5.82 Å². The number of aromatic nitrogens is 2. The van der Waals surface area contributed by atoms with Crippen LogP contribution in [-0.4, -0.2) is 46.1 Å². The number of hydrogen-bond acceptors (Lipinski definition) is 5. The third-order valence-corrected chi connectivity index (χ3v) is 5.61. The van der Waals surface area contributed by atoms with Crippen molar-refractivity contribution in [3.63, 3.8) is 0 Å². The molecule has 1 aliphatic rings. The second-order valence-electron chi connectivity index (χ2n) is 8.66. The predicted octanol–water partition coefficient (Wildman–Crippen LogP) is 1.75. The van der Waals surface area contributed by atoms with Crippen molar-refractivity contribution in [3.8, 4) is 0 Å². The molecule has 31 heavy (non-hydrogen) atoms. The lowest BCUT2D eigenvalue weighted by atomic mass is 9.97. The Labute approximate surface area is 182 Å². The highest BCUT2D eigenvalue weighted by molar-refractivity contribution is 6.00. The molecule has 0 spiro atoms. The average Bonchev–Trinajstić information content (AvgIpc) is 2.70. The number of piperazine rings is 1. The van der Waals surface area contributed by atoms with Crippen LogP contribution in [-0.2, 0) is 13.0 Å². The van der Waals surface area contributed by atoms with Gasteiger partial charge in [-0.1, -0.05) is 13.8 Å².